The molecule has 2 heterocycles. The smallest absolute Gasteiger partial charge is 0.337 e. The lowest BCUT2D eigenvalue weighted by Gasteiger charge is -2.34. The quantitative estimate of drug-likeness (QED) is 0.833. The van der Waals surface area contributed by atoms with Crippen LogP contribution in [-0.2, 0) is 4.74 Å². The molecule has 1 unspecified atom stereocenters. The standard InChI is InChI=1S/C11H12ClFN2O3/c1-6-5-18-3-2-15(6)8-4-7(11(16)17)9(12)10(13)14-8/h4,6H,2-3,5H2,1H3,(H,16,17). The maximum atomic E-state index is 13.5. The molecule has 2 rings (SSSR count). The fraction of sp³-hybridized carbons (Fsp3) is 0.455. The summed E-state index contributed by atoms with van der Waals surface area (Å²) in [5, 5.41) is 8.49. The number of hydrogen-bond donors (Lipinski definition) is 1. The highest BCUT2D eigenvalue weighted by Gasteiger charge is 2.24. The number of carbonyl (C=O) groups is 1. The highest BCUT2D eigenvalue weighted by molar-refractivity contribution is 6.33. The van der Waals surface area contributed by atoms with Crippen molar-refractivity contribution in [2.24, 2.45) is 0 Å². The Morgan fingerprint density at radius 2 is 2.44 bits per heavy atom. The third kappa shape index (κ3) is 2.39. The van der Waals surface area contributed by atoms with Gasteiger partial charge in [-0.25, -0.2) is 9.78 Å². The van der Waals surface area contributed by atoms with Crippen molar-refractivity contribution in [1.29, 1.82) is 0 Å². The van der Waals surface area contributed by atoms with Crippen LogP contribution in [0.5, 0.6) is 0 Å². The summed E-state index contributed by atoms with van der Waals surface area (Å²) >= 11 is 5.57. The first-order valence-corrected chi connectivity index (χ1v) is 5.82. The summed E-state index contributed by atoms with van der Waals surface area (Å²) in [5.74, 6) is -1.97. The number of ether oxygens (including phenoxy) is 1. The fourth-order valence-corrected chi connectivity index (χ4v) is 2.03. The second-order valence-electron chi connectivity index (χ2n) is 4.06. The minimum Gasteiger partial charge on any atom is -0.478 e. The Bertz CT molecular complexity index is 484. The van der Waals surface area contributed by atoms with E-state index in [1.807, 2.05) is 6.92 Å². The number of carboxylic acids is 1. The van der Waals surface area contributed by atoms with Crippen molar-refractivity contribution in [2.75, 3.05) is 24.7 Å². The fourth-order valence-electron chi connectivity index (χ4n) is 1.86. The van der Waals surface area contributed by atoms with Crippen molar-refractivity contribution in [3.05, 3.63) is 22.6 Å². The van der Waals surface area contributed by atoms with Gasteiger partial charge in [-0.3, -0.25) is 0 Å². The third-order valence-corrected chi connectivity index (χ3v) is 3.16. The van der Waals surface area contributed by atoms with Crippen LogP contribution in [0.4, 0.5) is 10.2 Å². The number of halogens is 2. The average Bonchev–Trinajstić information content (AvgIpc) is 2.33. The van der Waals surface area contributed by atoms with Crippen molar-refractivity contribution < 1.29 is 19.0 Å². The number of aromatic carboxylic acids is 1. The average molecular weight is 275 g/mol. The molecule has 1 aromatic rings. The van der Waals surface area contributed by atoms with Gasteiger partial charge < -0.3 is 14.7 Å². The number of aromatic nitrogens is 1. The number of carboxylic acid groups (broad SMARTS) is 1. The summed E-state index contributed by atoms with van der Waals surface area (Å²) in [7, 11) is 0. The van der Waals surface area contributed by atoms with Gasteiger partial charge in [0.2, 0.25) is 5.95 Å². The first-order chi connectivity index (χ1) is 8.50. The van der Waals surface area contributed by atoms with Crippen LogP contribution in [0.1, 0.15) is 17.3 Å². The van der Waals surface area contributed by atoms with E-state index in [2.05, 4.69) is 4.98 Å². The van der Waals surface area contributed by atoms with E-state index in [1.165, 1.54) is 6.07 Å². The van der Waals surface area contributed by atoms with Crippen LogP contribution >= 0.6 is 11.6 Å². The largest absolute Gasteiger partial charge is 0.478 e. The third-order valence-electron chi connectivity index (χ3n) is 2.80. The first-order valence-electron chi connectivity index (χ1n) is 5.44. The predicted octanol–water partition coefficient (Wildman–Crippen LogP) is 1.80. The molecule has 0 aromatic carbocycles. The molecule has 0 aliphatic carbocycles. The van der Waals surface area contributed by atoms with Crippen LogP contribution < -0.4 is 4.90 Å². The number of anilines is 1. The predicted molar refractivity (Wildman–Crippen MR) is 63.8 cm³/mol. The minimum atomic E-state index is -1.27. The van der Waals surface area contributed by atoms with E-state index >= 15 is 0 Å². The van der Waals surface area contributed by atoms with Crippen LogP contribution in [-0.4, -0.2) is 41.9 Å². The molecule has 1 fully saturated rings. The molecule has 98 valence electrons. The Labute approximate surface area is 108 Å². The lowest BCUT2D eigenvalue weighted by atomic mass is 10.2. The molecule has 5 nitrogen and oxygen atoms in total. The van der Waals surface area contributed by atoms with Gasteiger partial charge in [0, 0.05) is 6.54 Å². The highest BCUT2D eigenvalue weighted by atomic mass is 35.5. The first kappa shape index (κ1) is 13.0. The summed E-state index contributed by atoms with van der Waals surface area (Å²) in [4.78, 5) is 16.5. The molecule has 1 N–H and O–H groups in total. The minimum absolute atomic E-state index is 0.00784. The van der Waals surface area contributed by atoms with Crippen molar-refractivity contribution in [3.8, 4) is 0 Å². The number of pyridine rings is 1. The van der Waals surface area contributed by atoms with Crippen LogP contribution in [0.25, 0.3) is 0 Å². The Morgan fingerprint density at radius 1 is 1.72 bits per heavy atom. The van der Waals surface area contributed by atoms with Crippen LogP contribution in [0.15, 0.2) is 6.07 Å². The maximum Gasteiger partial charge on any atom is 0.337 e. The van der Waals surface area contributed by atoms with Crippen molar-refractivity contribution in [2.45, 2.75) is 13.0 Å². The van der Waals surface area contributed by atoms with Gasteiger partial charge in [0.05, 0.1) is 24.8 Å². The lowest BCUT2D eigenvalue weighted by molar-refractivity contribution is 0.0696. The normalized spacial score (nSPS) is 19.9. The molecule has 1 saturated heterocycles. The van der Waals surface area contributed by atoms with E-state index in [0.29, 0.717) is 19.8 Å². The SMILES string of the molecule is CC1COCCN1c1cc(C(=O)O)c(Cl)c(F)n1. The summed E-state index contributed by atoms with van der Waals surface area (Å²) in [5.41, 5.74) is -0.280. The number of rotatable bonds is 2. The highest BCUT2D eigenvalue weighted by Crippen LogP contribution is 2.25. The van der Waals surface area contributed by atoms with Crippen LogP contribution in [0.3, 0.4) is 0 Å². The van der Waals surface area contributed by atoms with Crippen molar-refractivity contribution >= 4 is 23.4 Å². The van der Waals surface area contributed by atoms with Crippen LogP contribution in [0, 0.1) is 5.95 Å². The monoisotopic (exact) mass is 274 g/mol. The molecule has 0 bridgehead atoms. The van der Waals surface area contributed by atoms with E-state index in [0.717, 1.165) is 0 Å². The molecule has 7 heteroatoms. The Balaban J connectivity index is 2.41. The van der Waals surface area contributed by atoms with E-state index in [9.17, 15) is 9.18 Å². The molecule has 18 heavy (non-hydrogen) atoms. The van der Waals surface area contributed by atoms with Crippen LogP contribution in [0.2, 0.25) is 5.02 Å². The second-order valence-corrected chi connectivity index (χ2v) is 4.43. The maximum absolute atomic E-state index is 13.5. The zero-order valence-electron chi connectivity index (χ0n) is 9.69. The zero-order valence-corrected chi connectivity index (χ0v) is 10.4. The van der Waals surface area contributed by atoms with E-state index in [4.69, 9.17) is 21.4 Å². The van der Waals surface area contributed by atoms with Gasteiger partial charge in [-0.05, 0) is 13.0 Å². The number of nitrogens with zero attached hydrogens (tertiary/aromatic N) is 2. The van der Waals surface area contributed by atoms with Gasteiger partial charge in [-0.2, -0.15) is 4.39 Å². The molecule has 0 amide bonds. The zero-order chi connectivity index (χ0) is 13.3. The van der Waals surface area contributed by atoms with Crippen molar-refractivity contribution in [3.63, 3.8) is 0 Å². The van der Waals surface area contributed by atoms with E-state index in [-0.39, 0.29) is 17.4 Å². The summed E-state index contributed by atoms with van der Waals surface area (Å²) in [6, 6.07) is 1.30. The Morgan fingerprint density at radius 3 is 3.06 bits per heavy atom. The Hall–Kier alpha value is -1.40. The topological polar surface area (TPSA) is 62.7 Å². The second kappa shape index (κ2) is 5.07. The summed E-state index contributed by atoms with van der Waals surface area (Å²) in [6.45, 7) is 3.43. The molecular formula is C11H12ClFN2O3. The molecule has 1 aromatic heterocycles. The molecular weight excluding hydrogens is 263 g/mol. The van der Waals surface area contributed by atoms with E-state index < -0.39 is 16.9 Å². The molecule has 0 saturated carbocycles. The summed E-state index contributed by atoms with van der Waals surface area (Å²) < 4.78 is 18.8. The lowest BCUT2D eigenvalue weighted by Crippen LogP contribution is -2.44. The number of hydrogen-bond acceptors (Lipinski definition) is 4. The molecule has 0 spiro atoms. The van der Waals surface area contributed by atoms with Crippen molar-refractivity contribution in [1.82, 2.24) is 4.98 Å². The van der Waals surface area contributed by atoms with Gasteiger partial charge in [0.25, 0.3) is 0 Å². The van der Waals surface area contributed by atoms with Gasteiger partial charge in [0.1, 0.15) is 10.8 Å². The Kier molecular flexibility index (Phi) is 3.68. The van der Waals surface area contributed by atoms with Gasteiger partial charge in [0.15, 0.2) is 0 Å². The number of morpholine rings is 1. The summed E-state index contributed by atoms with van der Waals surface area (Å²) in [6.07, 6.45) is 0. The van der Waals surface area contributed by atoms with Gasteiger partial charge >= 0.3 is 5.97 Å². The van der Waals surface area contributed by atoms with E-state index in [1.54, 1.807) is 4.90 Å². The molecule has 1 atom stereocenters. The molecule has 1 aliphatic heterocycles. The molecule has 0 radical (unpaired) electrons. The van der Waals surface area contributed by atoms with Gasteiger partial charge in [-0.15, -0.1) is 0 Å². The molecule has 1 aliphatic rings. The van der Waals surface area contributed by atoms with Gasteiger partial charge in [-0.1, -0.05) is 11.6 Å².